The van der Waals surface area contributed by atoms with Gasteiger partial charge in [-0.05, 0) is 34.0 Å². The first-order valence-corrected chi connectivity index (χ1v) is 12.2. The number of benzene rings is 2. The van der Waals surface area contributed by atoms with Gasteiger partial charge in [0.15, 0.2) is 0 Å². The van der Waals surface area contributed by atoms with E-state index in [2.05, 4.69) is 44.8 Å². The number of hydrogen-bond acceptors (Lipinski definition) is 4. The summed E-state index contributed by atoms with van der Waals surface area (Å²) in [5.74, 6) is -0.188. The van der Waals surface area contributed by atoms with E-state index in [1.165, 1.54) is 22.6 Å². The average Bonchev–Trinajstić information content (AvgIpc) is 3.43. The first kappa shape index (κ1) is 21.7. The standard InChI is InChI=1S/C26H28N4O2S/c1-18(31)28-24(14-19-15-27-23-8-4-2-6-21(19)23)26(32)30-12-10-29(11-13-30)16-20-17-33-25-9-5-3-7-22(20)25/h2-9,15,17,24,27H,10-14,16H2,1H3,(H,28,31)/t24-/m1/s1. The summed E-state index contributed by atoms with van der Waals surface area (Å²) in [5.41, 5.74) is 3.43. The van der Waals surface area contributed by atoms with Gasteiger partial charge in [-0.25, -0.2) is 0 Å². The summed E-state index contributed by atoms with van der Waals surface area (Å²) >= 11 is 1.79. The summed E-state index contributed by atoms with van der Waals surface area (Å²) in [6.45, 7) is 5.37. The Kier molecular flexibility index (Phi) is 6.15. The molecule has 170 valence electrons. The second kappa shape index (κ2) is 9.37. The number of piperazine rings is 1. The number of rotatable bonds is 6. The maximum atomic E-state index is 13.4. The monoisotopic (exact) mass is 460 g/mol. The number of nitrogens with one attached hydrogen (secondary N) is 2. The quantitative estimate of drug-likeness (QED) is 0.460. The highest BCUT2D eigenvalue weighted by Crippen LogP contribution is 2.27. The van der Waals surface area contributed by atoms with Crippen molar-refractivity contribution in [2.24, 2.45) is 0 Å². The Hall–Kier alpha value is -3.16. The highest BCUT2D eigenvalue weighted by atomic mass is 32.1. The molecule has 1 atom stereocenters. The molecule has 0 saturated carbocycles. The van der Waals surface area contributed by atoms with Crippen LogP contribution in [0.2, 0.25) is 0 Å². The Morgan fingerprint density at radius 2 is 1.73 bits per heavy atom. The van der Waals surface area contributed by atoms with E-state index < -0.39 is 6.04 Å². The van der Waals surface area contributed by atoms with Crippen LogP contribution < -0.4 is 5.32 Å². The van der Waals surface area contributed by atoms with Crippen LogP contribution in [-0.2, 0) is 22.6 Å². The molecule has 4 aromatic rings. The van der Waals surface area contributed by atoms with Crippen LogP contribution in [0.5, 0.6) is 0 Å². The molecular formula is C26H28N4O2S. The molecular weight excluding hydrogens is 432 g/mol. The van der Waals surface area contributed by atoms with Crippen molar-refractivity contribution in [3.8, 4) is 0 Å². The Labute approximate surface area is 197 Å². The minimum absolute atomic E-state index is 0.00360. The molecule has 0 aliphatic carbocycles. The highest BCUT2D eigenvalue weighted by Gasteiger charge is 2.29. The minimum atomic E-state index is -0.561. The molecule has 2 amide bonds. The summed E-state index contributed by atoms with van der Waals surface area (Å²) in [4.78, 5) is 32.8. The van der Waals surface area contributed by atoms with Gasteiger partial charge >= 0.3 is 0 Å². The number of H-pyrrole nitrogens is 1. The smallest absolute Gasteiger partial charge is 0.245 e. The fourth-order valence-corrected chi connectivity index (χ4v) is 5.66. The number of carbonyl (C=O) groups excluding carboxylic acids is 2. The molecule has 0 radical (unpaired) electrons. The van der Waals surface area contributed by atoms with Gasteiger partial charge in [0, 0.05) is 67.9 Å². The van der Waals surface area contributed by atoms with Crippen LogP contribution in [0.15, 0.2) is 60.1 Å². The van der Waals surface area contributed by atoms with Crippen LogP contribution in [-0.4, -0.2) is 58.8 Å². The van der Waals surface area contributed by atoms with E-state index in [1.807, 2.05) is 35.4 Å². The van der Waals surface area contributed by atoms with Gasteiger partial charge in [0.1, 0.15) is 6.04 Å². The number of amides is 2. The number of carbonyl (C=O) groups is 2. The number of aromatic nitrogens is 1. The minimum Gasteiger partial charge on any atom is -0.361 e. The van der Waals surface area contributed by atoms with Crippen molar-refractivity contribution < 1.29 is 9.59 Å². The van der Waals surface area contributed by atoms with Crippen LogP contribution in [0.25, 0.3) is 21.0 Å². The molecule has 33 heavy (non-hydrogen) atoms. The van der Waals surface area contributed by atoms with Gasteiger partial charge in [0.25, 0.3) is 0 Å². The fourth-order valence-electron chi connectivity index (χ4n) is 4.71. The number of aromatic amines is 1. The number of para-hydroxylation sites is 1. The predicted molar refractivity (Wildman–Crippen MR) is 133 cm³/mol. The van der Waals surface area contributed by atoms with Gasteiger partial charge < -0.3 is 15.2 Å². The van der Waals surface area contributed by atoms with Crippen molar-refractivity contribution in [2.45, 2.75) is 25.9 Å². The molecule has 1 saturated heterocycles. The van der Waals surface area contributed by atoms with Crippen molar-refractivity contribution in [3.05, 3.63) is 71.2 Å². The first-order chi connectivity index (χ1) is 16.1. The largest absolute Gasteiger partial charge is 0.361 e. The predicted octanol–water partition coefficient (Wildman–Crippen LogP) is 3.77. The molecule has 0 bridgehead atoms. The van der Waals surface area contributed by atoms with Crippen LogP contribution in [0.4, 0.5) is 0 Å². The summed E-state index contributed by atoms with van der Waals surface area (Å²) in [5, 5.41) is 7.55. The van der Waals surface area contributed by atoms with Gasteiger partial charge in [-0.1, -0.05) is 36.4 Å². The van der Waals surface area contributed by atoms with Gasteiger partial charge in [-0.3, -0.25) is 14.5 Å². The Morgan fingerprint density at radius 1 is 1.00 bits per heavy atom. The molecule has 6 nitrogen and oxygen atoms in total. The molecule has 2 N–H and O–H groups in total. The average molecular weight is 461 g/mol. The van der Waals surface area contributed by atoms with Gasteiger partial charge in [0.2, 0.25) is 11.8 Å². The summed E-state index contributed by atoms with van der Waals surface area (Å²) in [6.07, 6.45) is 2.42. The normalized spacial score (nSPS) is 15.7. The lowest BCUT2D eigenvalue weighted by Gasteiger charge is -2.36. The van der Waals surface area contributed by atoms with Crippen molar-refractivity contribution in [1.29, 1.82) is 0 Å². The van der Waals surface area contributed by atoms with Crippen molar-refractivity contribution >= 4 is 44.1 Å². The van der Waals surface area contributed by atoms with Crippen molar-refractivity contribution in [3.63, 3.8) is 0 Å². The number of thiophene rings is 1. The highest BCUT2D eigenvalue weighted by molar-refractivity contribution is 7.17. The fraction of sp³-hybridized carbons (Fsp3) is 0.308. The second-order valence-electron chi connectivity index (χ2n) is 8.68. The van der Waals surface area contributed by atoms with Crippen molar-refractivity contribution in [2.75, 3.05) is 26.2 Å². The molecule has 5 rings (SSSR count). The van der Waals surface area contributed by atoms with E-state index in [0.29, 0.717) is 19.5 Å². The summed E-state index contributed by atoms with van der Waals surface area (Å²) < 4.78 is 1.32. The molecule has 3 heterocycles. The Morgan fingerprint density at radius 3 is 2.52 bits per heavy atom. The Bertz CT molecular complexity index is 1290. The van der Waals surface area contributed by atoms with E-state index in [0.717, 1.165) is 36.1 Å². The van der Waals surface area contributed by atoms with E-state index in [-0.39, 0.29) is 11.8 Å². The topological polar surface area (TPSA) is 68.4 Å². The molecule has 2 aromatic carbocycles. The van der Waals surface area contributed by atoms with E-state index in [1.54, 1.807) is 11.3 Å². The third kappa shape index (κ3) is 4.65. The zero-order valence-corrected chi connectivity index (χ0v) is 19.5. The number of nitrogens with zero attached hydrogens (tertiary/aromatic N) is 2. The van der Waals surface area contributed by atoms with Crippen LogP contribution >= 0.6 is 11.3 Å². The third-order valence-electron chi connectivity index (χ3n) is 6.41. The molecule has 1 aliphatic heterocycles. The molecule has 1 aliphatic rings. The molecule has 0 spiro atoms. The molecule has 7 heteroatoms. The first-order valence-electron chi connectivity index (χ1n) is 11.4. The lowest BCUT2D eigenvalue weighted by molar-refractivity contribution is -0.137. The maximum Gasteiger partial charge on any atom is 0.245 e. The van der Waals surface area contributed by atoms with Crippen LogP contribution in [0.1, 0.15) is 18.1 Å². The maximum absolute atomic E-state index is 13.4. The van der Waals surface area contributed by atoms with Gasteiger partial charge in [-0.15, -0.1) is 11.3 Å². The molecule has 0 unspecified atom stereocenters. The number of hydrogen-bond donors (Lipinski definition) is 2. The SMILES string of the molecule is CC(=O)N[C@H](Cc1c[nH]c2ccccc12)C(=O)N1CCN(Cc2csc3ccccc23)CC1. The van der Waals surface area contributed by atoms with Gasteiger partial charge in [0.05, 0.1) is 0 Å². The zero-order valence-electron chi connectivity index (χ0n) is 18.7. The third-order valence-corrected chi connectivity index (χ3v) is 7.43. The van der Waals surface area contributed by atoms with E-state index in [4.69, 9.17) is 0 Å². The molecule has 1 fully saturated rings. The summed E-state index contributed by atoms with van der Waals surface area (Å²) in [7, 11) is 0. The van der Waals surface area contributed by atoms with Crippen LogP contribution in [0.3, 0.4) is 0 Å². The summed E-state index contributed by atoms with van der Waals surface area (Å²) in [6, 6.07) is 16.0. The Balaban J connectivity index is 1.24. The lowest BCUT2D eigenvalue weighted by atomic mass is 10.0. The van der Waals surface area contributed by atoms with Crippen LogP contribution in [0, 0.1) is 0 Å². The van der Waals surface area contributed by atoms with Gasteiger partial charge in [-0.2, -0.15) is 0 Å². The second-order valence-corrected chi connectivity index (χ2v) is 9.59. The number of fused-ring (bicyclic) bond motifs is 2. The van der Waals surface area contributed by atoms with Crippen molar-refractivity contribution in [1.82, 2.24) is 20.1 Å². The zero-order chi connectivity index (χ0) is 22.8. The molecule has 2 aromatic heterocycles. The van der Waals surface area contributed by atoms with E-state index >= 15 is 0 Å². The van der Waals surface area contributed by atoms with E-state index in [9.17, 15) is 9.59 Å². The lowest BCUT2D eigenvalue weighted by Crippen LogP contribution is -2.55.